The van der Waals surface area contributed by atoms with E-state index in [0.717, 1.165) is 11.3 Å². The molecule has 0 radical (unpaired) electrons. The van der Waals surface area contributed by atoms with Crippen molar-refractivity contribution in [3.63, 3.8) is 0 Å². The number of carbonyl (C=O) groups is 2. The summed E-state index contributed by atoms with van der Waals surface area (Å²) in [6.45, 7) is 0.375. The van der Waals surface area contributed by atoms with Crippen LogP contribution >= 0.6 is 0 Å². The van der Waals surface area contributed by atoms with E-state index in [1.807, 2.05) is 24.3 Å². The van der Waals surface area contributed by atoms with Crippen LogP contribution < -0.4 is 10.6 Å². The standard InChI is InChI=1S/C18H17FN2O2/c19-15-7-3-1-5-12(15)11-17(22)20-10-9-14-13-6-2-4-8-16(13)21-18(14)23/h1-8,14H,9-11H2,(H,20,22)(H,21,23). The van der Waals surface area contributed by atoms with Gasteiger partial charge in [-0.25, -0.2) is 4.39 Å². The molecule has 2 N–H and O–H groups in total. The molecule has 2 amide bonds. The van der Waals surface area contributed by atoms with Gasteiger partial charge in [-0.05, 0) is 29.7 Å². The molecule has 0 fully saturated rings. The maximum Gasteiger partial charge on any atom is 0.232 e. The second kappa shape index (κ2) is 6.60. The summed E-state index contributed by atoms with van der Waals surface area (Å²) in [6, 6.07) is 13.8. The van der Waals surface area contributed by atoms with Crippen molar-refractivity contribution in [2.75, 3.05) is 11.9 Å². The third-order valence-corrected chi connectivity index (χ3v) is 3.97. The zero-order chi connectivity index (χ0) is 16.2. The second-order valence-corrected chi connectivity index (χ2v) is 5.54. The lowest BCUT2D eigenvalue weighted by molar-refractivity contribution is -0.121. The summed E-state index contributed by atoms with van der Waals surface area (Å²) in [5, 5.41) is 5.58. The number of para-hydroxylation sites is 1. The van der Waals surface area contributed by atoms with Crippen LogP contribution in [0.15, 0.2) is 48.5 Å². The van der Waals surface area contributed by atoms with E-state index in [0.29, 0.717) is 18.5 Å². The molecule has 2 aromatic carbocycles. The van der Waals surface area contributed by atoms with Gasteiger partial charge in [0.05, 0.1) is 12.3 Å². The molecule has 0 saturated heterocycles. The van der Waals surface area contributed by atoms with Gasteiger partial charge in [-0.1, -0.05) is 36.4 Å². The Morgan fingerprint density at radius 2 is 1.87 bits per heavy atom. The van der Waals surface area contributed by atoms with Crippen molar-refractivity contribution in [3.8, 4) is 0 Å². The summed E-state index contributed by atoms with van der Waals surface area (Å²) in [5.41, 5.74) is 2.16. The number of halogens is 1. The Kier molecular flexibility index (Phi) is 4.37. The maximum atomic E-state index is 13.5. The van der Waals surface area contributed by atoms with Crippen LogP contribution in [0.25, 0.3) is 0 Å². The monoisotopic (exact) mass is 312 g/mol. The van der Waals surface area contributed by atoms with Crippen LogP contribution in [-0.2, 0) is 16.0 Å². The number of benzene rings is 2. The van der Waals surface area contributed by atoms with Crippen molar-refractivity contribution >= 4 is 17.5 Å². The first kappa shape index (κ1) is 15.2. The molecule has 23 heavy (non-hydrogen) atoms. The van der Waals surface area contributed by atoms with Crippen LogP contribution in [0.5, 0.6) is 0 Å². The molecule has 1 atom stereocenters. The van der Waals surface area contributed by atoms with Crippen LogP contribution in [0.3, 0.4) is 0 Å². The number of rotatable bonds is 5. The Bertz CT molecular complexity index is 745. The van der Waals surface area contributed by atoms with E-state index in [1.165, 1.54) is 6.07 Å². The topological polar surface area (TPSA) is 58.2 Å². The van der Waals surface area contributed by atoms with Crippen molar-refractivity contribution in [3.05, 3.63) is 65.5 Å². The number of amides is 2. The summed E-state index contributed by atoms with van der Waals surface area (Å²) in [7, 11) is 0. The van der Waals surface area contributed by atoms with Gasteiger partial charge in [0.2, 0.25) is 11.8 Å². The van der Waals surface area contributed by atoms with Crippen LogP contribution in [0.4, 0.5) is 10.1 Å². The zero-order valence-electron chi connectivity index (χ0n) is 12.5. The summed E-state index contributed by atoms with van der Waals surface area (Å²) in [4.78, 5) is 23.9. The lowest BCUT2D eigenvalue weighted by atomic mass is 9.97. The summed E-state index contributed by atoms with van der Waals surface area (Å²) < 4.78 is 13.5. The highest BCUT2D eigenvalue weighted by atomic mass is 19.1. The van der Waals surface area contributed by atoms with E-state index in [1.54, 1.807) is 18.2 Å². The van der Waals surface area contributed by atoms with E-state index in [2.05, 4.69) is 10.6 Å². The molecule has 0 saturated carbocycles. The Hall–Kier alpha value is -2.69. The van der Waals surface area contributed by atoms with E-state index < -0.39 is 0 Å². The third-order valence-electron chi connectivity index (χ3n) is 3.97. The molecular formula is C18H17FN2O2. The molecule has 1 aliphatic heterocycles. The van der Waals surface area contributed by atoms with E-state index in [4.69, 9.17) is 0 Å². The average molecular weight is 312 g/mol. The van der Waals surface area contributed by atoms with E-state index in [-0.39, 0.29) is 30.0 Å². The number of fused-ring (bicyclic) bond motifs is 1. The molecule has 0 aliphatic carbocycles. The van der Waals surface area contributed by atoms with Gasteiger partial charge in [0.15, 0.2) is 0 Å². The fourth-order valence-corrected chi connectivity index (χ4v) is 2.80. The van der Waals surface area contributed by atoms with Gasteiger partial charge in [-0.2, -0.15) is 0 Å². The number of hydrogen-bond acceptors (Lipinski definition) is 2. The maximum absolute atomic E-state index is 13.5. The molecule has 3 rings (SSSR count). The van der Waals surface area contributed by atoms with Crippen molar-refractivity contribution < 1.29 is 14.0 Å². The van der Waals surface area contributed by atoms with Gasteiger partial charge in [0.1, 0.15) is 5.82 Å². The minimum atomic E-state index is -0.383. The molecule has 5 heteroatoms. The van der Waals surface area contributed by atoms with Gasteiger partial charge < -0.3 is 10.6 Å². The highest BCUT2D eigenvalue weighted by molar-refractivity contribution is 6.02. The zero-order valence-corrected chi connectivity index (χ0v) is 12.5. The van der Waals surface area contributed by atoms with Crippen LogP contribution in [0.2, 0.25) is 0 Å². The van der Waals surface area contributed by atoms with Crippen molar-refractivity contribution in [1.82, 2.24) is 5.32 Å². The van der Waals surface area contributed by atoms with Crippen molar-refractivity contribution in [1.29, 1.82) is 0 Å². The largest absolute Gasteiger partial charge is 0.356 e. The summed E-state index contributed by atoms with van der Waals surface area (Å²) in [5.74, 6) is -0.928. The van der Waals surface area contributed by atoms with Gasteiger partial charge in [-0.15, -0.1) is 0 Å². The first-order chi connectivity index (χ1) is 11.1. The van der Waals surface area contributed by atoms with Crippen LogP contribution in [0, 0.1) is 5.82 Å². The van der Waals surface area contributed by atoms with Crippen molar-refractivity contribution in [2.45, 2.75) is 18.8 Å². The SMILES string of the molecule is O=C(Cc1ccccc1F)NCCC1C(=O)Nc2ccccc21. The van der Waals surface area contributed by atoms with Gasteiger partial charge in [0, 0.05) is 12.2 Å². The van der Waals surface area contributed by atoms with Crippen LogP contribution in [0.1, 0.15) is 23.5 Å². The number of carbonyl (C=O) groups excluding carboxylic acids is 2. The predicted molar refractivity (Wildman–Crippen MR) is 85.5 cm³/mol. The molecule has 2 aromatic rings. The normalized spacial score (nSPS) is 15.9. The Morgan fingerprint density at radius 3 is 2.70 bits per heavy atom. The highest BCUT2D eigenvalue weighted by Gasteiger charge is 2.29. The van der Waals surface area contributed by atoms with E-state index in [9.17, 15) is 14.0 Å². The molecule has 0 aromatic heterocycles. The molecule has 1 unspecified atom stereocenters. The van der Waals surface area contributed by atoms with Gasteiger partial charge in [0.25, 0.3) is 0 Å². The quantitative estimate of drug-likeness (QED) is 0.891. The lowest BCUT2D eigenvalue weighted by Crippen LogP contribution is -2.28. The molecule has 0 spiro atoms. The molecule has 1 heterocycles. The molecular weight excluding hydrogens is 295 g/mol. The predicted octanol–water partition coefficient (Wildman–Crippen LogP) is 2.61. The fourth-order valence-electron chi connectivity index (χ4n) is 2.80. The van der Waals surface area contributed by atoms with Crippen LogP contribution in [-0.4, -0.2) is 18.4 Å². The molecule has 118 valence electrons. The first-order valence-electron chi connectivity index (χ1n) is 7.55. The smallest absolute Gasteiger partial charge is 0.232 e. The third kappa shape index (κ3) is 3.39. The summed E-state index contributed by atoms with van der Waals surface area (Å²) in [6.07, 6.45) is 0.520. The molecule has 0 bridgehead atoms. The summed E-state index contributed by atoms with van der Waals surface area (Å²) >= 11 is 0. The van der Waals surface area contributed by atoms with Gasteiger partial charge in [-0.3, -0.25) is 9.59 Å². The molecule has 4 nitrogen and oxygen atoms in total. The fraction of sp³-hybridized carbons (Fsp3) is 0.222. The Morgan fingerprint density at radius 1 is 1.13 bits per heavy atom. The lowest BCUT2D eigenvalue weighted by Gasteiger charge is -2.10. The van der Waals surface area contributed by atoms with Gasteiger partial charge >= 0.3 is 0 Å². The molecule has 1 aliphatic rings. The minimum Gasteiger partial charge on any atom is -0.356 e. The van der Waals surface area contributed by atoms with E-state index >= 15 is 0 Å². The van der Waals surface area contributed by atoms with Crippen molar-refractivity contribution in [2.24, 2.45) is 0 Å². The number of nitrogens with one attached hydrogen (secondary N) is 2. The number of hydrogen-bond donors (Lipinski definition) is 2. The first-order valence-corrected chi connectivity index (χ1v) is 7.55. The second-order valence-electron chi connectivity index (χ2n) is 5.54. The Balaban J connectivity index is 1.53. The average Bonchev–Trinajstić information content (AvgIpc) is 2.86. The minimum absolute atomic E-state index is 0.000122. The number of anilines is 1. The highest BCUT2D eigenvalue weighted by Crippen LogP contribution is 2.33. The Labute approximate surface area is 133 Å².